The predicted octanol–water partition coefficient (Wildman–Crippen LogP) is 4.86. The Morgan fingerprint density at radius 1 is 1.04 bits per heavy atom. The molecule has 25 heavy (non-hydrogen) atoms. The number of ether oxygens (including phenoxy) is 1. The molecule has 1 aliphatic heterocycles. The van der Waals surface area contributed by atoms with Crippen molar-refractivity contribution >= 4 is 17.2 Å². The summed E-state index contributed by atoms with van der Waals surface area (Å²) in [5.74, 6) is 1.04. The van der Waals surface area contributed by atoms with E-state index < -0.39 is 0 Å². The Morgan fingerprint density at radius 2 is 1.80 bits per heavy atom. The van der Waals surface area contributed by atoms with Gasteiger partial charge in [0.25, 0.3) is 5.91 Å². The van der Waals surface area contributed by atoms with Crippen LogP contribution in [0.15, 0.2) is 54.6 Å². The molecule has 0 bridgehead atoms. The van der Waals surface area contributed by atoms with Gasteiger partial charge in [0.1, 0.15) is 5.75 Å². The molecule has 0 saturated carbocycles. The third kappa shape index (κ3) is 3.76. The highest BCUT2D eigenvalue weighted by molar-refractivity contribution is 6.32. The highest BCUT2D eigenvalue weighted by Crippen LogP contribution is 2.36. The Bertz CT molecular complexity index is 762. The molecular formula is C22H25NO2. The summed E-state index contributed by atoms with van der Waals surface area (Å²) in [6.45, 7) is 5.54. The average molecular weight is 335 g/mol. The molecule has 0 unspecified atom stereocenters. The standard InChI is InChI=1S/C22H25NO2/c1-3-16-23-21-11-6-5-9-19(21)20(22(23)24)10-7-8-17-12-14-18(15-13-17)25-4-2/h5-6,9-15H,3-4,7-8,16H2,1-2H3. The van der Waals surface area contributed by atoms with Crippen LogP contribution in [-0.2, 0) is 11.2 Å². The summed E-state index contributed by atoms with van der Waals surface area (Å²) in [6, 6.07) is 16.3. The maximum atomic E-state index is 12.8. The summed E-state index contributed by atoms with van der Waals surface area (Å²) in [5.41, 5.74) is 4.20. The molecule has 2 aromatic rings. The lowest BCUT2D eigenvalue weighted by Gasteiger charge is -2.15. The van der Waals surface area contributed by atoms with E-state index in [0.717, 1.165) is 48.4 Å². The molecule has 0 radical (unpaired) electrons. The Balaban J connectivity index is 1.72. The molecule has 1 amide bonds. The number of amides is 1. The van der Waals surface area contributed by atoms with E-state index in [2.05, 4.69) is 25.1 Å². The molecule has 2 aromatic carbocycles. The highest BCUT2D eigenvalue weighted by Gasteiger charge is 2.30. The largest absolute Gasteiger partial charge is 0.494 e. The fourth-order valence-electron chi connectivity index (χ4n) is 3.25. The maximum Gasteiger partial charge on any atom is 0.258 e. The number of benzene rings is 2. The van der Waals surface area contributed by atoms with Crippen LogP contribution >= 0.6 is 0 Å². The monoisotopic (exact) mass is 335 g/mol. The van der Waals surface area contributed by atoms with Crippen molar-refractivity contribution in [2.24, 2.45) is 0 Å². The first-order chi connectivity index (χ1) is 12.2. The zero-order valence-electron chi connectivity index (χ0n) is 15.0. The van der Waals surface area contributed by atoms with Gasteiger partial charge in [0.15, 0.2) is 0 Å². The molecular weight excluding hydrogens is 310 g/mol. The van der Waals surface area contributed by atoms with Crippen LogP contribution in [0.4, 0.5) is 5.69 Å². The minimum absolute atomic E-state index is 0.134. The number of aryl methyl sites for hydroxylation is 1. The predicted molar refractivity (Wildman–Crippen MR) is 103 cm³/mol. The number of para-hydroxylation sites is 1. The van der Waals surface area contributed by atoms with Gasteiger partial charge in [-0.15, -0.1) is 0 Å². The number of carbonyl (C=O) groups is 1. The Hall–Kier alpha value is -2.55. The van der Waals surface area contributed by atoms with Crippen LogP contribution in [0.2, 0.25) is 0 Å². The molecule has 0 atom stereocenters. The summed E-state index contributed by atoms with van der Waals surface area (Å²) >= 11 is 0. The number of hydrogen-bond donors (Lipinski definition) is 0. The van der Waals surface area contributed by atoms with Crippen molar-refractivity contribution in [3.8, 4) is 5.75 Å². The fraction of sp³-hybridized carbons (Fsp3) is 0.318. The van der Waals surface area contributed by atoms with Crippen LogP contribution in [0.3, 0.4) is 0 Å². The van der Waals surface area contributed by atoms with Crippen molar-refractivity contribution in [3.63, 3.8) is 0 Å². The lowest BCUT2D eigenvalue weighted by atomic mass is 10.0. The van der Waals surface area contributed by atoms with Crippen LogP contribution in [0, 0.1) is 0 Å². The Kier molecular flexibility index (Phi) is 5.54. The van der Waals surface area contributed by atoms with E-state index in [4.69, 9.17) is 4.74 Å². The topological polar surface area (TPSA) is 29.5 Å². The van der Waals surface area contributed by atoms with Crippen LogP contribution in [-0.4, -0.2) is 19.1 Å². The Labute approximate surface area is 149 Å². The number of hydrogen-bond acceptors (Lipinski definition) is 2. The SMILES string of the molecule is CCCN1C(=O)C(=CCCc2ccc(OCC)cc2)c2ccccc21. The van der Waals surface area contributed by atoms with Gasteiger partial charge in [-0.2, -0.15) is 0 Å². The Morgan fingerprint density at radius 3 is 2.52 bits per heavy atom. The molecule has 0 saturated heterocycles. The summed E-state index contributed by atoms with van der Waals surface area (Å²) in [6.07, 6.45) is 4.81. The molecule has 0 spiro atoms. The van der Waals surface area contributed by atoms with Gasteiger partial charge in [0.2, 0.25) is 0 Å². The third-order valence-corrected chi connectivity index (χ3v) is 4.42. The van der Waals surface area contributed by atoms with Crippen molar-refractivity contribution in [1.82, 2.24) is 0 Å². The summed E-state index contributed by atoms with van der Waals surface area (Å²) in [4.78, 5) is 14.7. The number of fused-ring (bicyclic) bond motifs is 1. The highest BCUT2D eigenvalue weighted by atomic mass is 16.5. The molecule has 0 N–H and O–H groups in total. The van der Waals surface area contributed by atoms with Crippen molar-refractivity contribution in [2.75, 3.05) is 18.1 Å². The maximum absolute atomic E-state index is 12.8. The van der Waals surface area contributed by atoms with Crippen molar-refractivity contribution in [1.29, 1.82) is 0 Å². The van der Waals surface area contributed by atoms with Gasteiger partial charge >= 0.3 is 0 Å². The van der Waals surface area contributed by atoms with E-state index in [0.29, 0.717) is 6.61 Å². The van der Waals surface area contributed by atoms with E-state index in [-0.39, 0.29) is 5.91 Å². The minimum Gasteiger partial charge on any atom is -0.494 e. The molecule has 1 aliphatic rings. The van der Waals surface area contributed by atoms with Gasteiger partial charge in [-0.3, -0.25) is 4.79 Å². The van der Waals surface area contributed by atoms with Gasteiger partial charge in [-0.1, -0.05) is 43.3 Å². The lowest BCUT2D eigenvalue weighted by Crippen LogP contribution is -2.26. The number of nitrogens with zero attached hydrogens (tertiary/aromatic N) is 1. The van der Waals surface area contributed by atoms with E-state index in [1.54, 1.807) is 0 Å². The second-order valence-electron chi connectivity index (χ2n) is 6.21. The molecule has 3 nitrogen and oxygen atoms in total. The van der Waals surface area contributed by atoms with Crippen molar-refractivity contribution in [3.05, 3.63) is 65.7 Å². The first-order valence-electron chi connectivity index (χ1n) is 9.07. The van der Waals surface area contributed by atoms with E-state index in [9.17, 15) is 4.79 Å². The van der Waals surface area contributed by atoms with Crippen LogP contribution in [0.25, 0.3) is 5.57 Å². The normalized spacial score (nSPS) is 14.9. The van der Waals surface area contributed by atoms with Gasteiger partial charge in [-0.25, -0.2) is 0 Å². The minimum atomic E-state index is 0.134. The molecule has 130 valence electrons. The van der Waals surface area contributed by atoms with Gasteiger partial charge in [-0.05, 0) is 49.9 Å². The van der Waals surface area contributed by atoms with Gasteiger partial charge < -0.3 is 9.64 Å². The lowest BCUT2D eigenvalue weighted by molar-refractivity contribution is -0.113. The van der Waals surface area contributed by atoms with Crippen molar-refractivity contribution in [2.45, 2.75) is 33.1 Å². The molecule has 1 heterocycles. The van der Waals surface area contributed by atoms with Crippen LogP contribution in [0.5, 0.6) is 5.75 Å². The first-order valence-corrected chi connectivity index (χ1v) is 9.07. The third-order valence-electron chi connectivity index (χ3n) is 4.42. The van der Waals surface area contributed by atoms with E-state index >= 15 is 0 Å². The number of rotatable bonds is 7. The molecule has 0 fully saturated rings. The second kappa shape index (κ2) is 8.02. The van der Waals surface area contributed by atoms with Crippen molar-refractivity contribution < 1.29 is 9.53 Å². The molecule has 3 heteroatoms. The van der Waals surface area contributed by atoms with E-state index in [1.807, 2.05) is 48.2 Å². The average Bonchev–Trinajstić information content (AvgIpc) is 2.90. The second-order valence-corrected chi connectivity index (χ2v) is 6.21. The first kappa shape index (κ1) is 17.3. The molecule has 0 aromatic heterocycles. The van der Waals surface area contributed by atoms with Gasteiger partial charge in [0.05, 0.1) is 12.3 Å². The fourth-order valence-corrected chi connectivity index (χ4v) is 3.25. The number of carbonyl (C=O) groups excluding carboxylic acids is 1. The number of allylic oxidation sites excluding steroid dienone is 1. The summed E-state index contributed by atoms with van der Waals surface area (Å²) in [7, 11) is 0. The summed E-state index contributed by atoms with van der Waals surface area (Å²) < 4.78 is 5.47. The zero-order chi connectivity index (χ0) is 17.6. The zero-order valence-corrected chi connectivity index (χ0v) is 15.0. The molecule has 3 rings (SSSR count). The van der Waals surface area contributed by atoms with Gasteiger partial charge in [0, 0.05) is 17.7 Å². The molecule has 0 aliphatic carbocycles. The van der Waals surface area contributed by atoms with Crippen LogP contribution in [0.1, 0.15) is 37.8 Å². The van der Waals surface area contributed by atoms with E-state index in [1.165, 1.54) is 5.56 Å². The quantitative estimate of drug-likeness (QED) is 0.676. The smallest absolute Gasteiger partial charge is 0.258 e. The van der Waals surface area contributed by atoms with Crippen LogP contribution < -0.4 is 9.64 Å². The summed E-state index contributed by atoms with van der Waals surface area (Å²) in [5, 5.41) is 0. The number of anilines is 1.